The third kappa shape index (κ3) is 3.99. The van der Waals surface area contributed by atoms with Gasteiger partial charge in [-0.2, -0.15) is 0 Å². The number of hydrogen-bond acceptors (Lipinski definition) is 4. The summed E-state index contributed by atoms with van der Waals surface area (Å²) in [6.07, 6.45) is 0. The van der Waals surface area contributed by atoms with E-state index in [1.165, 1.54) is 29.0 Å². The minimum absolute atomic E-state index is 0.0988. The standard InChI is InChI=1S/C20H21FN2OS/c1-20(2,3)14-7-11-16(12-8-14)24-18-17(23-19(22-4)25-18)13-5-9-15(21)10-6-13/h5-12H,1-4H3,(H,22,23). The van der Waals surface area contributed by atoms with Crippen molar-refractivity contribution < 1.29 is 9.13 Å². The van der Waals surface area contributed by atoms with Gasteiger partial charge >= 0.3 is 0 Å². The number of ether oxygens (including phenoxy) is 1. The van der Waals surface area contributed by atoms with E-state index in [4.69, 9.17) is 4.74 Å². The van der Waals surface area contributed by atoms with Crippen molar-refractivity contribution in [2.75, 3.05) is 12.4 Å². The topological polar surface area (TPSA) is 34.2 Å². The number of anilines is 1. The van der Waals surface area contributed by atoms with Crippen LogP contribution in [-0.4, -0.2) is 12.0 Å². The average Bonchev–Trinajstić information content (AvgIpc) is 2.98. The summed E-state index contributed by atoms with van der Waals surface area (Å²) in [5.41, 5.74) is 2.87. The zero-order valence-electron chi connectivity index (χ0n) is 14.8. The normalized spacial score (nSPS) is 11.4. The molecule has 0 saturated carbocycles. The average molecular weight is 356 g/mol. The summed E-state index contributed by atoms with van der Waals surface area (Å²) in [5.74, 6) is 0.482. The van der Waals surface area contributed by atoms with Gasteiger partial charge in [-0.15, -0.1) is 0 Å². The highest BCUT2D eigenvalue weighted by molar-refractivity contribution is 7.17. The summed E-state index contributed by atoms with van der Waals surface area (Å²) in [7, 11) is 1.81. The molecule has 130 valence electrons. The van der Waals surface area contributed by atoms with Crippen molar-refractivity contribution in [1.29, 1.82) is 0 Å². The first-order chi connectivity index (χ1) is 11.9. The molecule has 0 saturated heterocycles. The van der Waals surface area contributed by atoms with E-state index in [0.29, 0.717) is 10.8 Å². The van der Waals surface area contributed by atoms with Crippen LogP contribution in [-0.2, 0) is 5.41 Å². The largest absolute Gasteiger partial charge is 0.444 e. The lowest BCUT2D eigenvalue weighted by atomic mass is 9.87. The van der Waals surface area contributed by atoms with E-state index >= 15 is 0 Å². The van der Waals surface area contributed by atoms with Gasteiger partial charge in [-0.25, -0.2) is 9.37 Å². The zero-order chi connectivity index (χ0) is 18.0. The summed E-state index contributed by atoms with van der Waals surface area (Å²) in [6.45, 7) is 6.54. The molecule has 0 fully saturated rings. The molecule has 0 spiro atoms. The molecular formula is C20H21FN2OS. The number of aromatic nitrogens is 1. The van der Waals surface area contributed by atoms with Crippen LogP contribution < -0.4 is 10.1 Å². The molecule has 0 aliphatic carbocycles. The second kappa shape index (κ2) is 6.84. The van der Waals surface area contributed by atoms with Crippen molar-refractivity contribution in [2.24, 2.45) is 0 Å². The van der Waals surface area contributed by atoms with Crippen molar-refractivity contribution >= 4 is 16.5 Å². The maximum absolute atomic E-state index is 13.2. The number of nitrogens with zero attached hydrogens (tertiary/aromatic N) is 1. The highest BCUT2D eigenvalue weighted by Crippen LogP contribution is 2.40. The Balaban J connectivity index is 1.92. The number of benzene rings is 2. The van der Waals surface area contributed by atoms with Crippen LogP contribution in [0.5, 0.6) is 10.8 Å². The highest BCUT2D eigenvalue weighted by Gasteiger charge is 2.17. The van der Waals surface area contributed by atoms with E-state index in [-0.39, 0.29) is 11.2 Å². The minimum atomic E-state index is -0.270. The van der Waals surface area contributed by atoms with Gasteiger partial charge in [0.1, 0.15) is 17.3 Å². The van der Waals surface area contributed by atoms with Crippen molar-refractivity contribution in [3.63, 3.8) is 0 Å². The summed E-state index contributed by atoms with van der Waals surface area (Å²) < 4.78 is 19.3. The van der Waals surface area contributed by atoms with Crippen LogP contribution in [0.1, 0.15) is 26.3 Å². The van der Waals surface area contributed by atoms with Crippen molar-refractivity contribution in [2.45, 2.75) is 26.2 Å². The number of hydrogen-bond donors (Lipinski definition) is 1. The van der Waals surface area contributed by atoms with Crippen LogP contribution in [0.4, 0.5) is 9.52 Å². The van der Waals surface area contributed by atoms with Gasteiger partial charge in [0.05, 0.1) is 0 Å². The fourth-order valence-electron chi connectivity index (χ4n) is 2.40. The summed E-state index contributed by atoms with van der Waals surface area (Å²) in [4.78, 5) is 4.54. The Morgan fingerprint density at radius 1 is 1.00 bits per heavy atom. The molecule has 0 amide bonds. The summed E-state index contributed by atoms with van der Waals surface area (Å²) in [6, 6.07) is 14.4. The monoisotopic (exact) mass is 356 g/mol. The Labute approximate surface area is 151 Å². The van der Waals surface area contributed by atoms with E-state index in [0.717, 1.165) is 16.4 Å². The molecule has 0 radical (unpaired) electrons. The maximum atomic E-state index is 13.2. The Bertz CT molecular complexity index is 849. The van der Waals surface area contributed by atoms with E-state index < -0.39 is 0 Å². The fraction of sp³-hybridized carbons (Fsp3) is 0.250. The molecule has 0 unspecified atom stereocenters. The zero-order valence-corrected chi connectivity index (χ0v) is 15.6. The Morgan fingerprint density at radius 3 is 2.20 bits per heavy atom. The molecule has 1 aromatic heterocycles. The smallest absolute Gasteiger partial charge is 0.210 e. The predicted molar refractivity (Wildman–Crippen MR) is 102 cm³/mol. The molecule has 1 N–H and O–H groups in total. The van der Waals surface area contributed by atoms with E-state index in [1.54, 1.807) is 12.1 Å². The Hall–Kier alpha value is -2.40. The Kier molecular flexibility index (Phi) is 4.77. The first-order valence-corrected chi connectivity index (χ1v) is 8.91. The number of halogens is 1. The maximum Gasteiger partial charge on any atom is 0.210 e. The quantitative estimate of drug-likeness (QED) is 0.615. The SMILES string of the molecule is CNc1nc(-c2ccc(F)cc2)c(Oc2ccc(C(C)(C)C)cc2)s1. The van der Waals surface area contributed by atoms with E-state index in [1.807, 2.05) is 19.2 Å². The molecule has 0 aliphatic heterocycles. The van der Waals surface area contributed by atoms with Crippen LogP contribution in [0.3, 0.4) is 0 Å². The molecular weight excluding hydrogens is 335 g/mol. The van der Waals surface area contributed by atoms with Crippen molar-refractivity contribution in [1.82, 2.24) is 4.98 Å². The molecule has 2 aromatic carbocycles. The number of thiazole rings is 1. The Morgan fingerprint density at radius 2 is 1.64 bits per heavy atom. The van der Waals surface area contributed by atoms with E-state index in [2.05, 4.69) is 43.2 Å². The molecule has 3 nitrogen and oxygen atoms in total. The van der Waals surface area contributed by atoms with Crippen LogP contribution in [0.2, 0.25) is 0 Å². The van der Waals surface area contributed by atoms with Crippen LogP contribution in [0.25, 0.3) is 11.3 Å². The van der Waals surface area contributed by atoms with E-state index in [9.17, 15) is 4.39 Å². The predicted octanol–water partition coefficient (Wildman–Crippen LogP) is 6.08. The van der Waals surface area contributed by atoms with Gasteiger partial charge in [0.2, 0.25) is 5.06 Å². The lowest BCUT2D eigenvalue weighted by Crippen LogP contribution is -2.10. The third-order valence-corrected chi connectivity index (χ3v) is 4.81. The lowest BCUT2D eigenvalue weighted by molar-refractivity contribution is 0.495. The lowest BCUT2D eigenvalue weighted by Gasteiger charge is -2.19. The van der Waals surface area contributed by atoms with Crippen LogP contribution >= 0.6 is 11.3 Å². The van der Waals surface area contributed by atoms with Gasteiger partial charge in [-0.1, -0.05) is 44.2 Å². The second-order valence-electron chi connectivity index (χ2n) is 6.79. The molecule has 5 heteroatoms. The highest BCUT2D eigenvalue weighted by atomic mass is 32.1. The van der Waals surface area contributed by atoms with Crippen LogP contribution in [0, 0.1) is 5.82 Å². The van der Waals surface area contributed by atoms with Crippen molar-refractivity contribution in [3.8, 4) is 22.1 Å². The summed E-state index contributed by atoms with van der Waals surface area (Å²) in [5, 5.41) is 4.47. The number of nitrogens with one attached hydrogen (secondary N) is 1. The van der Waals surface area contributed by atoms with Crippen molar-refractivity contribution in [3.05, 3.63) is 59.9 Å². The third-order valence-electron chi connectivity index (χ3n) is 3.86. The molecule has 3 aromatic rings. The molecule has 0 atom stereocenters. The van der Waals surface area contributed by atoms with Gasteiger partial charge in [-0.3, -0.25) is 0 Å². The fourth-order valence-corrected chi connectivity index (χ4v) is 3.22. The van der Waals surface area contributed by atoms with Gasteiger partial charge in [0.25, 0.3) is 0 Å². The molecule has 25 heavy (non-hydrogen) atoms. The molecule has 3 rings (SSSR count). The van der Waals surface area contributed by atoms with Gasteiger partial charge in [0, 0.05) is 12.6 Å². The molecule has 1 heterocycles. The molecule has 0 aliphatic rings. The second-order valence-corrected chi connectivity index (χ2v) is 7.75. The number of rotatable bonds is 4. The molecule has 0 bridgehead atoms. The minimum Gasteiger partial charge on any atom is -0.444 e. The first-order valence-electron chi connectivity index (χ1n) is 8.10. The van der Waals surface area contributed by atoms with Gasteiger partial charge < -0.3 is 10.1 Å². The van der Waals surface area contributed by atoms with Crippen LogP contribution in [0.15, 0.2) is 48.5 Å². The summed E-state index contributed by atoms with van der Waals surface area (Å²) >= 11 is 1.42. The first kappa shape index (κ1) is 17.4. The van der Waals surface area contributed by atoms with Gasteiger partial charge in [-0.05, 0) is 47.4 Å². The van der Waals surface area contributed by atoms with Gasteiger partial charge in [0.15, 0.2) is 5.13 Å².